The van der Waals surface area contributed by atoms with Crippen LogP contribution < -0.4 is 15.8 Å². The van der Waals surface area contributed by atoms with Gasteiger partial charge < -0.3 is 34.8 Å². The lowest BCUT2D eigenvalue weighted by atomic mass is 10.1. The summed E-state index contributed by atoms with van der Waals surface area (Å²) in [5, 5.41) is 14.4. The maximum absolute atomic E-state index is 12.9. The van der Waals surface area contributed by atoms with Crippen LogP contribution in [0.4, 0.5) is 11.4 Å². The summed E-state index contributed by atoms with van der Waals surface area (Å²) in [6, 6.07) is 13.0. The van der Waals surface area contributed by atoms with Gasteiger partial charge in [0.2, 0.25) is 0 Å². The summed E-state index contributed by atoms with van der Waals surface area (Å²) >= 11 is 6.06. The van der Waals surface area contributed by atoms with E-state index in [1.807, 2.05) is 13.0 Å². The lowest BCUT2D eigenvalue weighted by Gasteiger charge is -2.34. The second-order valence-corrected chi connectivity index (χ2v) is 9.62. The number of aryl methyl sites for hydroxylation is 1. The Morgan fingerprint density at radius 2 is 2.19 bits per heavy atom. The number of benzene rings is 2. The van der Waals surface area contributed by atoms with Crippen molar-refractivity contribution in [2.24, 2.45) is 0 Å². The number of aliphatic hydroxyl groups excluding tert-OH is 1. The molecule has 3 heterocycles. The summed E-state index contributed by atoms with van der Waals surface area (Å²) in [4.78, 5) is 26.0. The zero-order valence-corrected chi connectivity index (χ0v) is 21.5. The van der Waals surface area contributed by atoms with Crippen LogP contribution in [0.25, 0.3) is 22.4 Å². The number of anilines is 2. The number of H-pyrrole nitrogens is 2. The molecule has 5 rings (SSSR count). The Bertz CT molecular complexity index is 1450. The minimum atomic E-state index is -0.804. The standard InChI is InChI=1S/C27H30ClN5O4/c1-16-10-19(33-8-9-37-20(14-33)15-36-2)12-22-25(16)32-26(31-22)24-21(6-7-29-27(24)35)30-13-23(34)17-4-3-5-18(28)11-17/h3-7,10-12,20,23,34H,8-9,13-15H2,1-2H3,(H,31,32)(H2,29,30,35)/t20-,23-/m1/s1. The Labute approximate surface area is 219 Å². The molecule has 2 aromatic heterocycles. The fourth-order valence-electron chi connectivity index (χ4n) is 4.71. The lowest BCUT2D eigenvalue weighted by molar-refractivity contribution is -0.0100. The first kappa shape index (κ1) is 25.3. The van der Waals surface area contributed by atoms with E-state index < -0.39 is 6.10 Å². The number of morpholine rings is 1. The molecule has 4 N–H and O–H groups in total. The molecule has 37 heavy (non-hydrogen) atoms. The smallest absolute Gasteiger partial charge is 0.261 e. The Balaban J connectivity index is 1.43. The molecule has 0 spiro atoms. The Morgan fingerprint density at radius 3 is 3.00 bits per heavy atom. The number of aliphatic hydroxyl groups is 1. The highest BCUT2D eigenvalue weighted by molar-refractivity contribution is 6.30. The van der Waals surface area contributed by atoms with Crippen molar-refractivity contribution in [1.82, 2.24) is 15.0 Å². The average Bonchev–Trinajstić information content (AvgIpc) is 3.32. The quantitative estimate of drug-likeness (QED) is 0.277. The molecule has 1 fully saturated rings. The van der Waals surface area contributed by atoms with Crippen LogP contribution in [0.15, 0.2) is 53.5 Å². The summed E-state index contributed by atoms with van der Waals surface area (Å²) in [6.07, 6.45) is 0.786. The van der Waals surface area contributed by atoms with Crippen molar-refractivity contribution < 1.29 is 14.6 Å². The number of hydrogen-bond acceptors (Lipinski definition) is 7. The van der Waals surface area contributed by atoms with Gasteiger partial charge in [-0.25, -0.2) is 4.98 Å². The molecule has 1 saturated heterocycles. The normalized spacial score (nSPS) is 16.8. The van der Waals surface area contributed by atoms with Gasteiger partial charge >= 0.3 is 0 Å². The van der Waals surface area contributed by atoms with Crippen molar-refractivity contribution in [1.29, 1.82) is 0 Å². The van der Waals surface area contributed by atoms with Crippen LogP contribution in [0.3, 0.4) is 0 Å². The van der Waals surface area contributed by atoms with Crippen LogP contribution >= 0.6 is 11.6 Å². The van der Waals surface area contributed by atoms with Crippen molar-refractivity contribution >= 4 is 34.0 Å². The number of hydrogen-bond donors (Lipinski definition) is 4. The SMILES string of the molecule is COC[C@H]1CN(c2cc(C)c3nc(-c4c(NC[C@@H](O)c5cccc(Cl)c5)cc[nH]c4=O)[nH]c3c2)CCO1. The summed E-state index contributed by atoms with van der Waals surface area (Å²) < 4.78 is 11.1. The molecule has 0 amide bonds. The molecule has 2 aromatic carbocycles. The van der Waals surface area contributed by atoms with E-state index in [4.69, 9.17) is 26.1 Å². The number of fused-ring (bicyclic) bond motifs is 1. The van der Waals surface area contributed by atoms with Gasteiger partial charge in [-0.05, 0) is 48.4 Å². The summed E-state index contributed by atoms with van der Waals surface area (Å²) in [5.41, 5.74) is 5.06. The van der Waals surface area contributed by atoms with Gasteiger partial charge in [-0.3, -0.25) is 4.79 Å². The molecule has 10 heteroatoms. The highest BCUT2D eigenvalue weighted by Gasteiger charge is 2.22. The summed E-state index contributed by atoms with van der Waals surface area (Å²) in [7, 11) is 1.68. The van der Waals surface area contributed by atoms with E-state index in [9.17, 15) is 9.90 Å². The average molecular weight is 524 g/mol. The van der Waals surface area contributed by atoms with Crippen LogP contribution in [0.5, 0.6) is 0 Å². The number of nitrogens with zero attached hydrogens (tertiary/aromatic N) is 2. The number of nitrogens with one attached hydrogen (secondary N) is 3. The minimum Gasteiger partial charge on any atom is -0.387 e. The Hall–Kier alpha value is -3.37. The summed E-state index contributed by atoms with van der Waals surface area (Å²) in [5.74, 6) is 0.455. The highest BCUT2D eigenvalue weighted by Crippen LogP contribution is 2.30. The van der Waals surface area contributed by atoms with E-state index in [0.717, 1.165) is 35.4 Å². The number of ether oxygens (including phenoxy) is 2. The van der Waals surface area contributed by atoms with E-state index in [-0.39, 0.29) is 18.2 Å². The van der Waals surface area contributed by atoms with Gasteiger partial charge in [0.1, 0.15) is 11.4 Å². The largest absolute Gasteiger partial charge is 0.387 e. The van der Waals surface area contributed by atoms with Gasteiger partial charge in [0, 0.05) is 43.7 Å². The molecule has 0 saturated carbocycles. The zero-order valence-electron chi connectivity index (χ0n) is 20.8. The summed E-state index contributed by atoms with van der Waals surface area (Å²) in [6.45, 7) is 4.91. The predicted octanol–water partition coefficient (Wildman–Crippen LogP) is 3.88. The molecule has 9 nitrogen and oxygen atoms in total. The van der Waals surface area contributed by atoms with Crippen molar-refractivity contribution in [2.45, 2.75) is 19.1 Å². The molecule has 0 bridgehead atoms. The van der Waals surface area contributed by atoms with Gasteiger partial charge in [0.15, 0.2) is 0 Å². The van der Waals surface area contributed by atoms with Gasteiger partial charge in [-0.2, -0.15) is 0 Å². The highest BCUT2D eigenvalue weighted by atomic mass is 35.5. The van der Waals surface area contributed by atoms with Crippen LogP contribution in [0.1, 0.15) is 17.2 Å². The van der Waals surface area contributed by atoms with Crippen LogP contribution in [0.2, 0.25) is 5.02 Å². The van der Waals surface area contributed by atoms with Crippen molar-refractivity contribution in [3.05, 3.63) is 75.2 Å². The molecular weight excluding hydrogens is 494 g/mol. The zero-order chi connectivity index (χ0) is 25.9. The first-order valence-corrected chi connectivity index (χ1v) is 12.6. The molecular formula is C27H30ClN5O4. The first-order valence-electron chi connectivity index (χ1n) is 12.2. The van der Waals surface area contributed by atoms with E-state index in [1.54, 1.807) is 37.6 Å². The van der Waals surface area contributed by atoms with Crippen molar-refractivity contribution in [3.63, 3.8) is 0 Å². The molecule has 0 aliphatic carbocycles. The molecule has 1 aliphatic rings. The minimum absolute atomic E-state index is 0.0193. The number of methoxy groups -OCH3 is 1. The third-order valence-electron chi connectivity index (χ3n) is 6.54. The van der Waals surface area contributed by atoms with Crippen molar-refractivity contribution in [2.75, 3.05) is 50.2 Å². The number of pyridine rings is 1. The third kappa shape index (κ3) is 5.50. The van der Waals surface area contributed by atoms with Crippen LogP contribution in [-0.4, -0.2) is 66.1 Å². The van der Waals surface area contributed by atoms with E-state index >= 15 is 0 Å². The molecule has 0 unspecified atom stereocenters. The van der Waals surface area contributed by atoms with E-state index in [1.165, 1.54) is 0 Å². The van der Waals surface area contributed by atoms with Gasteiger partial charge in [-0.15, -0.1) is 0 Å². The van der Waals surface area contributed by atoms with Gasteiger partial charge in [0.05, 0.1) is 42.1 Å². The number of aromatic nitrogens is 3. The van der Waals surface area contributed by atoms with E-state index in [2.05, 4.69) is 32.3 Å². The molecule has 2 atom stereocenters. The van der Waals surface area contributed by atoms with Crippen LogP contribution in [-0.2, 0) is 9.47 Å². The monoisotopic (exact) mass is 523 g/mol. The topological polar surface area (TPSA) is 115 Å². The predicted molar refractivity (Wildman–Crippen MR) is 146 cm³/mol. The number of rotatable bonds is 8. The second-order valence-electron chi connectivity index (χ2n) is 9.19. The number of aromatic amines is 2. The lowest BCUT2D eigenvalue weighted by Crippen LogP contribution is -2.44. The molecule has 1 aliphatic heterocycles. The van der Waals surface area contributed by atoms with Gasteiger partial charge in [-0.1, -0.05) is 23.7 Å². The maximum Gasteiger partial charge on any atom is 0.261 e. The first-order chi connectivity index (χ1) is 17.9. The van der Waals surface area contributed by atoms with Gasteiger partial charge in [0.25, 0.3) is 5.56 Å². The molecule has 194 valence electrons. The number of halogens is 1. The third-order valence-corrected chi connectivity index (χ3v) is 6.77. The number of imidazole rings is 1. The fraction of sp³-hybridized carbons (Fsp3) is 0.333. The Kier molecular flexibility index (Phi) is 7.48. The molecule has 0 radical (unpaired) electrons. The fourth-order valence-corrected chi connectivity index (χ4v) is 4.91. The van der Waals surface area contributed by atoms with Crippen LogP contribution in [0, 0.1) is 6.92 Å². The van der Waals surface area contributed by atoms with Crippen molar-refractivity contribution in [3.8, 4) is 11.4 Å². The van der Waals surface area contributed by atoms with E-state index in [0.29, 0.717) is 40.9 Å². The molecule has 4 aromatic rings. The second kappa shape index (κ2) is 10.9. The Morgan fingerprint density at radius 1 is 1.32 bits per heavy atom. The maximum atomic E-state index is 12.9.